The second-order valence-electron chi connectivity index (χ2n) is 4.66. The molecular weight excluding hydrogens is 280 g/mol. The highest BCUT2D eigenvalue weighted by atomic mass is 32.2. The third-order valence-electron chi connectivity index (χ3n) is 3.19. The Bertz CT molecular complexity index is 583. The van der Waals surface area contributed by atoms with Crippen LogP contribution < -0.4 is 5.73 Å². The predicted molar refractivity (Wildman–Crippen MR) is 73.7 cm³/mol. The van der Waals surface area contributed by atoms with Gasteiger partial charge in [-0.15, -0.1) is 0 Å². The Balaban J connectivity index is 2.19. The minimum Gasteiger partial charge on any atom is -0.462 e. The van der Waals surface area contributed by atoms with E-state index in [2.05, 4.69) is 0 Å². The molecule has 1 aromatic rings. The summed E-state index contributed by atoms with van der Waals surface area (Å²) >= 11 is 0. The van der Waals surface area contributed by atoms with Crippen LogP contribution in [0.5, 0.6) is 0 Å². The summed E-state index contributed by atoms with van der Waals surface area (Å²) in [5.41, 5.74) is 6.07. The second kappa shape index (κ2) is 5.90. The number of carbonyl (C=O) groups is 1. The zero-order valence-corrected chi connectivity index (χ0v) is 12.1. The van der Waals surface area contributed by atoms with E-state index in [-0.39, 0.29) is 17.5 Å². The third kappa shape index (κ3) is 3.00. The summed E-state index contributed by atoms with van der Waals surface area (Å²) in [6.45, 7) is 2.77. The average Bonchev–Trinajstić information content (AvgIpc) is 2.86. The SMILES string of the molecule is CCOC(=O)c1ccc(S(=O)(=O)N2CC[C@@H](N)C2)cc1. The fourth-order valence-corrected chi connectivity index (χ4v) is 3.61. The van der Waals surface area contributed by atoms with E-state index in [0.29, 0.717) is 25.1 Å². The van der Waals surface area contributed by atoms with Gasteiger partial charge in [-0.1, -0.05) is 0 Å². The molecule has 0 radical (unpaired) electrons. The second-order valence-corrected chi connectivity index (χ2v) is 6.59. The van der Waals surface area contributed by atoms with Crippen LogP contribution in [0.3, 0.4) is 0 Å². The van der Waals surface area contributed by atoms with Gasteiger partial charge in [0.05, 0.1) is 17.1 Å². The van der Waals surface area contributed by atoms with Crippen molar-refractivity contribution in [2.75, 3.05) is 19.7 Å². The first kappa shape index (κ1) is 15.0. The van der Waals surface area contributed by atoms with Crippen molar-refractivity contribution >= 4 is 16.0 Å². The number of benzene rings is 1. The van der Waals surface area contributed by atoms with E-state index < -0.39 is 16.0 Å². The first-order valence-electron chi connectivity index (χ1n) is 6.48. The summed E-state index contributed by atoms with van der Waals surface area (Å²) in [7, 11) is -3.53. The van der Waals surface area contributed by atoms with Gasteiger partial charge in [0, 0.05) is 19.1 Å². The van der Waals surface area contributed by atoms with Gasteiger partial charge in [0.2, 0.25) is 10.0 Å². The van der Waals surface area contributed by atoms with Gasteiger partial charge in [0.25, 0.3) is 0 Å². The fourth-order valence-electron chi connectivity index (χ4n) is 2.10. The highest BCUT2D eigenvalue weighted by Crippen LogP contribution is 2.21. The number of hydrogen-bond acceptors (Lipinski definition) is 5. The molecule has 1 heterocycles. The zero-order chi connectivity index (χ0) is 14.8. The molecule has 0 aliphatic carbocycles. The molecular formula is C13H18N2O4S. The third-order valence-corrected chi connectivity index (χ3v) is 5.07. The lowest BCUT2D eigenvalue weighted by Crippen LogP contribution is -2.31. The number of esters is 1. The molecule has 0 amide bonds. The molecule has 0 saturated carbocycles. The van der Waals surface area contributed by atoms with Crippen LogP contribution in [-0.2, 0) is 14.8 Å². The van der Waals surface area contributed by atoms with Gasteiger partial charge in [-0.05, 0) is 37.6 Å². The molecule has 0 aromatic heterocycles. The van der Waals surface area contributed by atoms with E-state index in [1.54, 1.807) is 6.92 Å². The van der Waals surface area contributed by atoms with Gasteiger partial charge in [0.1, 0.15) is 0 Å². The van der Waals surface area contributed by atoms with Gasteiger partial charge in [0.15, 0.2) is 0 Å². The normalized spacial score (nSPS) is 20.0. The zero-order valence-electron chi connectivity index (χ0n) is 11.3. The maximum absolute atomic E-state index is 12.3. The van der Waals surface area contributed by atoms with Crippen LogP contribution in [0.4, 0.5) is 0 Å². The molecule has 1 aliphatic rings. The molecule has 7 heteroatoms. The maximum Gasteiger partial charge on any atom is 0.338 e. The largest absolute Gasteiger partial charge is 0.462 e. The van der Waals surface area contributed by atoms with E-state index in [0.717, 1.165) is 0 Å². The highest BCUT2D eigenvalue weighted by molar-refractivity contribution is 7.89. The smallest absolute Gasteiger partial charge is 0.338 e. The molecule has 1 atom stereocenters. The van der Waals surface area contributed by atoms with Crippen LogP contribution in [0, 0.1) is 0 Å². The number of sulfonamides is 1. The molecule has 110 valence electrons. The standard InChI is InChI=1S/C13H18N2O4S/c1-2-19-13(16)10-3-5-12(6-4-10)20(17,18)15-8-7-11(14)9-15/h3-6,11H,2,7-9,14H2,1H3/t11-/m1/s1. The van der Waals surface area contributed by atoms with Crippen molar-refractivity contribution in [1.82, 2.24) is 4.31 Å². The minimum absolute atomic E-state index is 0.108. The fraction of sp³-hybridized carbons (Fsp3) is 0.462. The average molecular weight is 298 g/mol. The minimum atomic E-state index is -3.53. The van der Waals surface area contributed by atoms with Crippen molar-refractivity contribution in [2.45, 2.75) is 24.3 Å². The number of nitrogens with zero attached hydrogens (tertiary/aromatic N) is 1. The number of rotatable bonds is 4. The van der Waals surface area contributed by atoms with Crippen LogP contribution in [0.2, 0.25) is 0 Å². The van der Waals surface area contributed by atoms with Crippen molar-refractivity contribution in [3.8, 4) is 0 Å². The molecule has 1 aromatic carbocycles. The Morgan fingerprint density at radius 2 is 2.05 bits per heavy atom. The van der Waals surface area contributed by atoms with E-state index >= 15 is 0 Å². The highest BCUT2D eigenvalue weighted by Gasteiger charge is 2.30. The van der Waals surface area contributed by atoms with Crippen molar-refractivity contribution in [3.63, 3.8) is 0 Å². The molecule has 0 spiro atoms. The Kier molecular flexibility index (Phi) is 4.42. The Morgan fingerprint density at radius 3 is 2.55 bits per heavy atom. The van der Waals surface area contributed by atoms with Crippen molar-refractivity contribution in [2.24, 2.45) is 5.73 Å². The van der Waals surface area contributed by atoms with Gasteiger partial charge < -0.3 is 10.5 Å². The van der Waals surface area contributed by atoms with Gasteiger partial charge >= 0.3 is 5.97 Å². The summed E-state index contributed by atoms with van der Waals surface area (Å²) in [4.78, 5) is 11.7. The molecule has 2 N–H and O–H groups in total. The number of hydrogen-bond donors (Lipinski definition) is 1. The number of carbonyl (C=O) groups excluding carboxylic acids is 1. The van der Waals surface area contributed by atoms with Crippen LogP contribution >= 0.6 is 0 Å². The van der Waals surface area contributed by atoms with Crippen molar-refractivity contribution in [3.05, 3.63) is 29.8 Å². The van der Waals surface area contributed by atoms with Crippen LogP contribution in [0.25, 0.3) is 0 Å². The lowest BCUT2D eigenvalue weighted by Gasteiger charge is -2.16. The quantitative estimate of drug-likeness (QED) is 0.821. The first-order chi connectivity index (χ1) is 9.45. The summed E-state index contributed by atoms with van der Waals surface area (Å²) in [5, 5.41) is 0. The molecule has 6 nitrogen and oxygen atoms in total. The summed E-state index contributed by atoms with van der Waals surface area (Å²) in [6, 6.07) is 5.65. The van der Waals surface area contributed by atoms with Crippen LogP contribution in [0.1, 0.15) is 23.7 Å². The molecule has 1 fully saturated rings. The molecule has 1 saturated heterocycles. The van der Waals surface area contributed by atoms with Gasteiger partial charge in [-0.2, -0.15) is 4.31 Å². The summed E-state index contributed by atoms with van der Waals surface area (Å²) in [5.74, 6) is -0.459. The van der Waals surface area contributed by atoms with Crippen LogP contribution in [0.15, 0.2) is 29.2 Å². The van der Waals surface area contributed by atoms with E-state index in [1.165, 1.54) is 28.6 Å². The molecule has 1 aliphatic heterocycles. The van der Waals surface area contributed by atoms with Crippen molar-refractivity contribution < 1.29 is 17.9 Å². The molecule has 0 unspecified atom stereocenters. The van der Waals surface area contributed by atoms with Crippen LogP contribution in [-0.4, -0.2) is 44.4 Å². The Labute approximate surface area is 118 Å². The molecule has 20 heavy (non-hydrogen) atoms. The monoisotopic (exact) mass is 298 g/mol. The lowest BCUT2D eigenvalue weighted by molar-refractivity contribution is 0.0526. The topological polar surface area (TPSA) is 89.7 Å². The lowest BCUT2D eigenvalue weighted by atomic mass is 10.2. The van der Waals surface area contributed by atoms with Gasteiger partial charge in [-0.25, -0.2) is 13.2 Å². The maximum atomic E-state index is 12.3. The number of ether oxygens (including phenoxy) is 1. The summed E-state index contributed by atoms with van der Waals surface area (Å²) < 4.78 is 30.9. The summed E-state index contributed by atoms with van der Waals surface area (Å²) in [6.07, 6.45) is 0.667. The van der Waals surface area contributed by atoms with E-state index in [1.807, 2.05) is 0 Å². The van der Waals surface area contributed by atoms with E-state index in [9.17, 15) is 13.2 Å². The molecule has 0 bridgehead atoms. The Morgan fingerprint density at radius 1 is 1.40 bits per heavy atom. The predicted octanol–water partition coefficient (Wildman–Crippen LogP) is 0.585. The first-order valence-corrected chi connectivity index (χ1v) is 7.92. The van der Waals surface area contributed by atoms with E-state index in [4.69, 9.17) is 10.5 Å². The van der Waals surface area contributed by atoms with Crippen molar-refractivity contribution in [1.29, 1.82) is 0 Å². The number of nitrogens with two attached hydrogens (primary N) is 1. The van der Waals surface area contributed by atoms with Gasteiger partial charge in [-0.3, -0.25) is 0 Å². The Hall–Kier alpha value is -1.44. The molecule has 2 rings (SSSR count).